The molecule has 0 N–H and O–H groups in total. The van der Waals surface area contributed by atoms with Gasteiger partial charge in [-0.3, -0.25) is 0 Å². The lowest BCUT2D eigenvalue weighted by molar-refractivity contribution is -0.136. The predicted molar refractivity (Wildman–Crippen MR) is 55.8 cm³/mol. The highest BCUT2D eigenvalue weighted by Gasteiger charge is 2.17. The van der Waals surface area contributed by atoms with Crippen LogP contribution in [0.3, 0.4) is 0 Å². The maximum Gasteiger partial charge on any atom is 0.333 e. The van der Waals surface area contributed by atoms with Crippen molar-refractivity contribution in [3.8, 4) is 0 Å². The third-order valence-electron chi connectivity index (χ3n) is 2.35. The Morgan fingerprint density at radius 2 is 2.15 bits per heavy atom. The van der Waals surface area contributed by atoms with E-state index in [0.29, 0.717) is 11.5 Å². The van der Waals surface area contributed by atoms with E-state index in [0.717, 1.165) is 6.42 Å². The first kappa shape index (κ1) is 10.6. The summed E-state index contributed by atoms with van der Waals surface area (Å²) in [4.78, 5) is 11.1. The van der Waals surface area contributed by atoms with Gasteiger partial charge in [0.05, 0.1) is 7.11 Å². The Bertz CT molecular complexity index is 195. The smallest absolute Gasteiger partial charge is 0.333 e. The number of carbonyl (C=O) groups excluding carboxylic acids is 1. The number of thioether (sulfide) groups is 1. The molecule has 74 valence electrons. The maximum atomic E-state index is 11.1. The molecule has 1 heterocycles. The predicted octanol–water partition coefficient (Wildman–Crippen LogP) is 2.25. The standard InChI is InChI=1S/C10H16O2S/c1-8(10(11)12-2)7-9-3-5-13-6-4-9/h9H,1,3-7H2,2H3. The Labute approximate surface area is 83.7 Å². The fraction of sp³-hybridized carbons (Fsp3) is 0.700. The van der Waals surface area contributed by atoms with Crippen molar-refractivity contribution in [2.45, 2.75) is 19.3 Å². The molecule has 1 rings (SSSR count). The Morgan fingerprint density at radius 3 is 2.69 bits per heavy atom. The second kappa shape index (κ2) is 5.32. The molecule has 0 bridgehead atoms. The number of hydrogen-bond acceptors (Lipinski definition) is 3. The van der Waals surface area contributed by atoms with Gasteiger partial charge >= 0.3 is 5.97 Å². The van der Waals surface area contributed by atoms with Crippen LogP contribution in [0.5, 0.6) is 0 Å². The van der Waals surface area contributed by atoms with E-state index in [1.165, 1.54) is 31.5 Å². The van der Waals surface area contributed by atoms with E-state index in [2.05, 4.69) is 11.3 Å². The van der Waals surface area contributed by atoms with Crippen molar-refractivity contribution in [1.82, 2.24) is 0 Å². The molecule has 0 radical (unpaired) electrons. The third-order valence-corrected chi connectivity index (χ3v) is 3.40. The highest BCUT2D eigenvalue weighted by Crippen LogP contribution is 2.27. The Morgan fingerprint density at radius 1 is 1.54 bits per heavy atom. The topological polar surface area (TPSA) is 26.3 Å². The molecule has 0 saturated carbocycles. The summed E-state index contributed by atoms with van der Waals surface area (Å²) in [5.41, 5.74) is 0.624. The van der Waals surface area contributed by atoms with E-state index in [9.17, 15) is 4.79 Å². The Kier molecular flexibility index (Phi) is 4.36. The van der Waals surface area contributed by atoms with Crippen LogP contribution in [0.4, 0.5) is 0 Å². The molecule has 0 spiro atoms. The van der Waals surface area contributed by atoms with Gasteiger partial charge in [-0.2, -0.15) is 11.8 Å². The first-order valence-electron chi connectivity index (χ1n) is 4.58. The molecule has 0 amide bonds. The van der Waals surface area contributed by atoms with Gasteiger partial charge in [-0.05, 0) is 36.7 Å². The van der Waals surface area contributed by atoms with Crippen molar-refractivity contribution in [3.05, 3.63) is 12.2 Å². The minimum atomic E-state index is -0.252. The molecular weight excluding hydrogens is 184 g/mol. The van der Waals surface area contributed by atoms with Crippen molar-refractivity contribution >= 4 is 17.7 Å². The number of esters is 1. The first-order chi connectivity index (χ1) is 6.24. The Hall–Kier alpha value is -0.440. The summed E-state index contributed by atoms with van der Waals surface area (Å²) in [6.07, 6.45) is 3.23. The van der Waals surface area contributed by atoms with E-state index in [1.807, 2.05) is 11.8 Å². The van der Waals surface area contributed by atoms with Crippen LogP contribution in [0.2, 0.25) is 0 Å². The Balaban J connectivity index is 2.30. The molecule has 0 unspecified atom stereocenters. The quantitative estimate of drug-likeness (QED) is 0.516. The van der Waals surface area contributed by atoms with Crippen molar-refractivity contribution in [2.75, 3.05) is 18.6 Å². The summed E-state index contributed by atoms with van der Waals surface area (Å²) in [6, 6.07) is 0. The minimum Gasteiger partial charge on any atom is -0.466 e. The SMILES string of the molecule is C=C(CC1CCSCC1)C(=O)OC. The molecule has 2 nitrogen and oxygen atoms in total. The number of ether oxygens (including phenoxy) is 1. The number of methoxy groups -OCH3 is 1. The second-order valence-corrected chi connectivity index (χ2v) is 4.58. The van der Waals surface area contributed by atoms with E-state index in [1.54, 1.807) is 0 Å². The lowest BCUT2D eigenvalue weighted by Gasteiger charge is -2.21. The second-order valence-electron chi connectivity index (χ2n) is 3.36. The van der Waals surface area contributed by atoms with Crippen LogP contribution >= 0.6 is 11.8 Å². The van der Waals surface area contributed by atoms with Crippen LogP contribution in [0, 0.1) is 5.92 Å². The van der Waals surface area contributed by atoms with Gasteiger partial charge < -0.3 is 4.74 Å². The summed E-state index contributed by atoms with van der Waals surface area (Å²) in [5, 5.41) is 0. The van der Waals surface area contributed by atoms with Gasteiger partial charge in [0.25, 0.3) is 0 Å². The molecule has 13 heavy (non-hydrogen) atoms. The fourth-order valence-electron chi connectivity index (χ4n) is 1.53. The molecular formula is C10H16O2S. The summed E-state index contributed by atoms with van der Waals surface area (Å²) in [7, 11) is 1.41. The summed E-state index contributed by atoms with van der Waals surface area (Å²) in [6.45, 7) is 3.74. The van der Waals surface area contributed by atoms with Crippen LogP contribution in [-0.4, -0.2) is 24.6 Å². The molecule has 1 saturated heterocycles. The molecule has 3 heteroatoms. The van der Waals surface area contributed by atoms with Gasteiger partial charge in [-0.15, -0.1) is 0 Å². The molecule has 1 fully saturated rings. The van der Waals surface area contributed by atoms with Crippen molar-refractivity contribution in [3.63, 3.8) is 0 Å². The summed E-state index contributed by atoms with van der Waals surface area (Å²) >= 11 is 1.99. The van der Waals surface area contributed by atoms with Crippen molar-refractivity contribution in [2.24, 2.45) is 5.92 Å². The van der Waals surface area contributed by atoms with E-state index in [-0.39, 0.29) is 5.97 Å². The number of rotatable bonds is 3. The molecule has 0 aromatic rings. The average Bonchev–Trinajstić information content (AvgIpc) is 2.18. The van der Waals surface area contributed by atoms with E-state index < -0.39 is 0 Å². The third kappa shape index (κ3) is 3.43. The minimum absolute atomic E-state index is 0.252. The van der Waals surface area contributed by atoms with Crippen LogP contribution in [0.25, 0.3) is 0 Å². The van der Waals surface area contributed by atoms with Gasteiger partial charge in [0, 0.05) is 5.57 Å². The highest BCUT2D eigenvalue weighted by molar-refractivity contribution is 7.99. The van der Waals surface area contributed by atoms with Gasteiger partial charge in [-0.1, -0.05) is 6.58 Å². The molecule has 0 aromatic carbocycles. The largest absolute Gasteiger partial charge is 0.466 e. The van der Waals surface area contributed by atoms with Gasteiger partial charge in [0.15, 0.2) is 0 Å². The van der Waals surface area contributed by atoms with Crippen LogP contribution in [0.15, 0.2) is 12.2 Å². The van der Waals surface area contributed by atoms with Crippen LogP contribution in [-0.2, 0) is 9.53 Å². The lowest BCUT2D eigenvalue weighted by atomic mass is 9.95. The van der Waals surface area contributed by atoms with Gasteiger partial charge in [0.2, 0.25) is 0 Å². The maximum absolute atomic E-state index is 11.1. The zero-order chi connectivity index (χ0) is 9.68. The van der Waals surface area contributed by atoms with E-state index >= 15 is 0 Å². The lowest BCUT2D eigenvalue weighted by Crippen LogP contribution is -2.13. The summed E-state index contributed by atoms with van der Waals surface area (Å²) < 4.78 is 4.61. The van der Waals surface area contributed by atoms with Crippen molar-refractivity contribution in [1.29, 1.82) is 0 Å². The zero-order valence-electron chi connectivity index (χ0n) is 8.04. The summed E-state index contributed by atoms with van der Waals surface area (Å²) in [5.74, 6) is 2.84. The van der Waals surface area contributed by atoms with Gasteiger partial charge in [0.1, 0.15) is 0 Å². The van der Waals surface area contributed by atoms with E-state index in [4.69, 9.17) is 0 Å². The van der Waals surface area contributed by atoms with Crippen LogP contribution < -0.4 is 0 Å². The molecule has 1 aliphatic rings. The zero-order valence-corrected chi connectivity index (χ0v) is 8.86. The highest BCUT2D eigenvalue weighted by atomic mass is 32.2. The normalized spacial score (nSPS) is 18.2. The number of hydrogen-bond donors (Lipinski definition) is 0. The molecule has 1 aliphatic heterocycles. The average molecular weight is 200 g/mol. The van der Waals surface area contributed by atoms with Crippen LogP contribution in [0.1, 0.15) is 19.3 Å². The first-order valence-corrected chi connectivity index (χ1v) is 5.73. The molecule has 0 aromatic heterocycles. The monoisotopic (exact) mass is 200 g/mol. The number of carbonyl (C=O) groups is 1. The molecule has 0 atom stereocenters. The van der Waals surface area contributed by atoms with Gasteiger partial charge in [-0.25, -0.2) is 4.79 Å². The van der Waals surface area contributed by atoms with Crippen molar-refractivity contribution < 1.29 is 9.53 Å². The fourth-order valence-corrected chi connectivity index (χ4v) is 2.73. The molecule has 0 aliphatic carbocycles.